The third-order valence-corrected chi connectivity index (χ3v) is 6.10. The van der Waals surface area contributed by atoms with E-state index in [-0.39, 0.29) is 5.91 Å². The van der Waals surface area contributed by atoms with Gasteiger partial charge in [0, 0.05) is 25.4 Å². The molecule has 5 nitrogen and oxygen atoms in total. The predicted octanol–water partition coefficient (Wildman–Crippen LogP) is 3.91. The van der Waals surface area contributed by atoms with Crippen LogP contribution in [0.4, 0.5) is 5.69 Å². The fourth-order valence-electron chi connectivity index (χ4n) is 2.87. The molecule has 0 bridgehead atoms. The van der Waals surface area contributed by atoms with Crippen LogP contribution in [-0.2, 0) is 18.4 Å². The van der Waals surface area contributed by atoms with Gasteiger partial charge in [-0.25, -0.2) is 0 Å². The van der Waals surface area contributed by atoms with Gasteiger partial charge in [0.2, 0.25) is 0 Å². The predicted molar refractivity (Wildman–Crippen MR) is 100 cm³/mol. The van der Waals surface area contributed by atoms with Crippen molar-refractivity contribution in [1.29, 1.82) is 0 Å². The summed E-state index contributed by atoms with van der Waals surface area (Å²) >= 11 is 0. The van der Waals surface area contributed by atoms with Crippen LogP contribution in [0.1, 0.15) is 22.3 Å². The monoisotopic (exact) mass is 357 g/mol. The first-order chi connectivity index (χ1) is 11.9. The summed E-state index contributed by atoms with van der Waals surface area (Å²) in [6.07, 6.45) is 1.83. The molecule has 6 heteroatoms. The molecule has 3 rings (SSSR count). The minimum absolute atomic E-state index is 0.235. The molecule has 0 aromatic heterocycles. The number of carbonyl (C=O) groups is 1. The van der Waals surface area contributed by atoms with Crippen molar-refractivity contribution in [3.8, 4) is 0 Å². The Balaban J connectivity index is 2.18. The van der Waals surface area contributed by atoms with Crippen molar-refractivity contribution in [2.45, 2.75) is 13.8 Å². The Morgan fingerprint density at radius 3 is 2.24 bits per heavy atom. The average molecular weight is 357 g/mol. The van der Waals surface area contributed by atoms with Crippen LogP contribution in [0.15, 0.2) is 36.4 Å². The third kappa shape index (κ3) is 3.19. The van der Waals surface area contributed by atoms with E-state index in [1.165, 1.54) is 14.2 Å². The Labute approximate surface area is 147 Å². The van der Waals surface area contributed by atoms with Crippen LogP contribution in [0.25, 0.3) is 11.6 Å². The number of rotatable bonds is 4. The van der Waals surface area contributed by atoms with Crippen molar-refractivity contribution >= 4 is 36.1 Å². The largest absolute Gasteiger partial charge is 0.362 e. The minimum Gasteiger partial charge on any atom is -0.321 e. The molecule has 2 aromatic rings. The van der Waals surface area contributed by atoms with Crippen molar-refractivity contribution in [2.24, 2.45) is 0 Å². The van der Waals surface area contributed by atoms with E-state index in [2.05, 4.69) is 5.32 Å². The lowest BCUT2D eigenvalue weighted by Gasteiger charge is -2.17. The SMILES string of the molecule is COP(=O)(OC)c1cc(C)cc2c1NC(=O)/C2=C/c1ccc(C)cc1. The van der Waals surface area contributed by atoms with E-state index in [0.717, 1.165) is 16.7 Å². The van der Waals surface area contributed by atoms with E-state index < -0.39 is 7.60 Å². The van der Waals surface area contributed by atoms with Gasteiger partial charge < -0.3 is 14.4 Å². The molecule has 0 atom stereocenters. The molecular formula is C19H20NO4P. The Hall–Kier alpha value is -2.20. The molecule has 1 aliphatic heterocycles. The second-order valence-electron chi connectivity index (χ2n) is 5.99. The van der Waals surface area contributed by atoms with Crippen LogP contribution in [-0.4, -0.2) is 20.1 Å². The van der Waals surface area contributed by atoms with Crippen molar-refractivity contribution in [3.05, 3.63) is 58.7 Å². The number of carbonyl (C=O) groups excluding carboxylic acids is 1. The van der Waals surface area contributed by atoms with Crippen LogP contribution < -0.4 is 10.6 Å². The lowest BCUT2D eigenvalue weighted by atomic mass is 10.0. The molecule has 25 heavy (non-hydrogen) atoms. The van der Waals surface area contributed by atoms with E-state index in [1.54, 1.807) is 6.07 Å². The van der Waals surface area contributed by atoms with Gasteiger partial charge in [-0.15, -0.1) is 0 Å². The van der Waals surface area contributed by atoms with E-state index in [9.17, 15) is 9.36 Å². The highest BCUT2D eigenvalue weighted by Gasteiger charge is 2.35. The fourth-order valence-corrected chi connectivity index (χ4v) is 4.23. The van der Waals surface area contributed by atoms with Crippen LogP contribution in [0, 0.1) is 13.8 Å². The first-order valence-corrected chi connectivity index (χ1v) is 9.39. The van der Waals surface area contributed by atoms with Gasteiger partial charge in [0.25, 0.3) is 5.91 Å². The second kappa shape index (κ2) is 6.60. The Morgan fingerprint density at radius 1 is 1.00 bits per heavy atom. The highest BCUT2D eigenvalue weighted by atomic mass is 31.2. The third-order valence-electron chi connectivity index (χ3n) is 4.20. The zero-order valence-corrected chi connectivity index (χ0v) is 15.5. The number of hydrogen-bond acceptors (Lipinski definition) is 4. The summed E-state index contributed by atoms with van der Waals surface area (Å²) in [6, 6.07) is 11.5. The maximum atomic E-state index is 12.9. The van der Waals surface area contributed by atoms with Crippen molar-refractivity contribution in [2.75, 3.05) is 19.5 Å². The van der Waals surface area contributed by atoms with Gasteiger partial charge in [-0.3, -0.25) is 9.36 Å². The number of hydrogen-bond donors (Lipinski definition) is 1. The lowest BCUT2D eigenvalue weighted by molar-refractivity contribution is -0.110. The number of fused-ring (bicyclic) bond motifs is 1. The Bertz CT molecular complexity index is 908. The normalized spacial score (nSPS) is 15.4. The van der Waals surface area contributed by atoms with E-state index in [0.29, 0.717) is 22.1 Å². The summed E-state index contributed by atoms with van der Waals surface area (Å²) in [5.41, 5.74) is 4.67. The highest BCUT2D eigenvalue weighted by molar-refractivity contribution is 7.62. The first kappa shape index (κ1) is 17.6. The molecule has 1 aliphatic rings. The first-order valence-electron chi connectivity index (χ1n) is 7.85. The fraction of sp³-hybridized carbons (Fsp3) is 0.211. The summed E-state index contributed by atoms with van der Waals surface area (Å²) in [6.45, 7) is 3.89. The number of amides is 1. The van der Waals surface area contributed by atoms with Gasteiger partial charge >= 0.3 is 7.60 Å². The number of anilines is 1. The molecule has 130 valence electrons. The van der Waals surface area contributed by atoms with E-state index in [4.69, 9.17) is 9.05 Å². The molecule has 1 N–H and O–H groups in total. The standard InChI is InChI=1S/C19H20NO4P/c1-12-5-7-14(8-6-12)11-16-15-9-13(2)10-17(18(15)20-19(16)21)25(22,23-3)24-4/h5-11H,1-4H3,(H,20,21)/b16-11+. The Kier molecular flexibility index (Phi) is 4.65. The highest BCUT2D eigenvalue weighted by Crippen LogP contribution is 2.50. The zero-order chi connectivity index (χ0) is 18.2. The molecular weight excluding hydrogens is 337 g/mol. The average Bonchev–Trinajstić information content (AvgIpc) is 2.91. The maximum Gasteiger partial charge on any atom is 0.362 e. The van der Waals surface area contributed by atoms with Crippen molar-refractivity contribution in [1.82, 2.24) is 0 Å². The maximum absolute atomic E-state index is 12.9. The summed E-state index contributed by atoms with van der Waals surface area (Å²) in [7, 11) is -0.821. The summed E-state index contributed by atoms with van der Waals surface area (Å²) < 4.78 is 23.1. The zero-order valence-electron chi connectivity index (χ0n) is 14.6. The second-order valence-corrected chi connectivity index (χ2v) is 8.20. The quantitative estimate of drug-likeness (QED) is 0.666. The molecule has 2 aromatic carbocycles. The van der Waals surface area contributed by atoms with Gasteiger partial charge in [0.05, 0.1) is 11.0 Å². The van der Waals surface area contributed by atoms with Crippen molar-refractivity contribution < 1.29 is 18.4 Å². The van der Waals surface area contributed by atoms with Gasteiger partial charge in [0.15, 0.2) is 0 Å². The van der Waals surface area contributed by atoms with Crippen LogP contribution in [0.5, 0.6) is 0 Å². The molecule has 0 spiro atoms. The molecule has 0 saturated carbocycles. The molecule has 0 radical (unpaired) electrons. The molecule has 0 saturated heterocycles. The minimum atomic E-state index is -3.49. The van der Waals surface area contributed by atoms with E-state index in [1.807, 2.05) is 50.3 Å². The van der Waals surface area contributed by atoms with E-state index >= 15 is 0 Å². The molecule has 0 unspecified atom stereocenters. The molecule has 1 amide bonds. The molecule has 0 aliphatic carbocycles. The number of nitrogens with one attached hydrogen (secondary N) is 1. The summed E-state index contributed by atoms with van der Waals surface area (Å²) in [4.78, 5) is 12.5. The summed E-state index contributed by atoms with van der Waals surface area (Å²) in [5.74, 6) is -0.235. The van der Waals surface area contributed by atoms with Gasteiger partial charge in [-0.1, -0.05) is 29.8 Å². The number of aryl methyl sites for hydroxylation is 2. The van der Waals surface area contributed by atoms with Gasteiger partial charge in [0.1, 0.15) is 0 Å². The smallest absolute Gasteiger partial charge is 0.321 e. The molecule has 0 fully saturated rings. The topological polar surface area (TPSA) is 64.6 Å². The summed E-state index contributed by atoms with van der Waals surface area (Å²) in [5, 5.41) is 3.18. The van der Waals surface area contributed by atoms with Gasteiger partial charge in [-0.2, -0.15) is 0 Å². The van der Waals surface area contributed by atoms with Crippen molar-refractivity contribution in [3.63, 3.8) is 0 Å². The molecule has 1 heterocycles. The Morgan fingerprint density at radius 2 is 1.64 bits per heavy atom. The number of benzene rings is 2. The lowest BCUT2D eigenvalue weighted by Crippen LogP contribution is -2.15. The van der Waals surface area contributed by atoms with Crippen LogP contribution in [0.3, 0.4) is 0 Å². The van der Waals surface area contributed by atoms with Gasteiger partial charge in [-0.05, 0) is 43.2 Å². The van der Waals surface area contributed by atoms with Crippen LogP contribution >= 0.6 is 7.60 Å². The van der Waals surface area contributed by atoms with Crippen LogP contribution in [0.2, 0.25) is 0 Å².